The highest BCUT2D eigenvalue weighted by Crippen LogP contribution is 2.04. The standard InChI is InChI=1S/C11H21NO3S/c1-9(8-16-2)11(15)12-7-5-3-4-6-10(13)14/h9H,3-8H2,1-2H3,(H,12,15)(H,13,14). The Morgan fingerprint density at radius 2 is 2.00 bits per heavy atom. The molecular formula is C11H21NO3S. The molecule has 0 saturated heterocycles. The molecule has 5 heteroatoms. The van der Waals surface area contributed by atoms with E-state index in [4.69, 9.17) is 5.11 Å². The van der Waals surface area contributed by atoms with E-state index in [-0.39, 0.29) is 18.2 Å². The minimum absolute atomic E-state index is 0.0500. The van der Waals surface area contributed by atoms with Gasteiger partial charge in [-0.25, -0.2) is 0 Å². The number of hydrogen-bond donors (Lipinski definition) is 2. The van der Waals surface area contributed by atoms with E-state index in [9.17, 15) is 9.59 Å². The highest BCUT2D eigenvalue weighted by Gasteiger charge is 2.10. The Bertz CT molecular complexity index is 221. The topological polar surface area (TPSA) is 66.4 Å². The summed E-state index contributed by atoms with van der Waals surface area (Å²) in [7, 11) is 0. The largest absolute Gasteiger partial charge is 0.481 e. The Balaban J connectivity index is 3.37. The number of aliphatic carboxylic acids is 1. The molecule has 0 aromatic rings. The molecule has 0 fully saturated rings. The van der Waals surface area contributed by atoms with Gasteiger partial charge < -0.3 is 10.4 Å². The Kier molecular flexibility index (Phi) is 9.09. The molecule has 0 saturated carbocycles. The zero-order valence-electron chi connectivity index (χ0n) is 9.99. The molecule has 2 N–H and O–H groups in total. The Morgan fingerprint density at radius 3 is 2.56 bits per heavy atom. The van der Waals surface area contributed by atoms with Crippen molar-refractivity contribution in [2.45, 2.75) is 32.6 Å². The van der Waals surface area contributed by atoms with E-state index in [2.05, 4.69) is 5.32 Å². The lowest BCUT2D eigenvalue weighted by Gasteiger charge is -2.10. The Labute approximate surface area is 101 Å². The van der Waals surface area contributed by atoms with Crippen LogP contribution in [0.25, 0.3) is 0 Å². The minimum Gasteiger partial charge on any atom is -0.481 e. The monoisotopic (exact) mass is 247 g/mol. The van der Waals surface area contributed by atoms with Gasteiger partial charge in [0.25, 0.3) is 0 Å². The number of thioether (sulfide) groups is 1. The smallest absolute Gasteiger partial charge is 0.303 e. The van der Waals surface area contributed by atoms with Crippen LogP contribution in [0.3, 0.4) is 0 Å². The van der Waals surface area contributed by atoms with Crippen molar-refractivity contribution in [3.8, 4) is 0 Å². The summed E-state index contributed by atoms with van der Waals surface area (Å²) in [6.45, 7) is 2.56. The summed E-state index contributed by atoms with van der Waals surface area (Å²) in [6.07, 6.45) is 4.59. The van der Waals surface area contributed by atoms with Gasteiger partial charge in [-0.2, -0.15) is 11.8 Å². The van der Waals surface area contributed by atoms with Gasteiger partial charge in [-0.15, -0.1) is 0 Å². The van der Waals surface area contributed by atoms with Crippen LogP contribution in [0.2, 0.25) is 0 Å². The van der Waals surface area contributed by atoms with E-state index in [1.807, 2.05) is 13.2 Å². The van der Waals surface area contributed by atoms with Crippen molar-refractivity contribution in [3.05, 3.63) is 0 Å². The molecule has 0 aliphatic rings. The third-order valence-corrected chi connectivity index (χ3v) is 3.06. The summed E-state index contributed by atoms with van der Waals surface area (Å²) >= 11 is 1.66. The second-order valence-corrected chi connectivity index (χ2v) is 4.76. The van der Waals surface area contributed by atoms with Crippen LogP contribution < -0.4 is 5.32 Å². The number of nitrogens with one attached hydrogen (secondary N) is 1. The number of carbonyl (C=O) groups excluding carboxylic acids is 1. The first-order chi connectivity index (χ1) is 7.57. The average Bonchev–Trinajstić information content (AvgIpc) is 2.22. The van der Waals surface area contributed by atoms with Crippen molar-refractivity contribution < 1.29 is 14.7 Å². The van der Waals surface area contributed by atoms with Gasteiger partial charge >= 0.3 is 5.97 Å². The zero-order chi connectivity index (χ0) is 12.4. The summed E-state index contributed by atoms with van der Waals surface area (Å²) < 4.78 is 0. The van der Waals surface area contributed by atoms with E-state index in [0.29, 0.717) is 13.0 Å². The second-order valence-electron chi connectivity index (χ2n) is 3.85. The molecule has 0 aromatic carbocycles. The lowest BCUT2D eigenvalue weighted by atomic mass is 10.2. The van der Waals surface area contributed by atoms with Crippen LogP contribution in [0.5, 0.6) is 0 Å². The molecular weight excluding hydrogens is 226 g/mol. The van der Waals surface area contributed by atoms with Crippen molar-refractivity contribution in [1.82, 2.24) is 5.32 Å². The molecule has 0 aliphatic heterocycles. The normalized spacial score (nSPS) is 12.1. The van der Waals surface area contributed by atoms with Crippen LogP contribution in [0.1, 0.15) is 32.6 Å². The summed E-state index contributed by atoms with van der Waals surface area (Å²) in [6, 6.07) is 0. The quantitative estimate of drug-likeness (QED) is 0.609. The van der Waals surface area contributed by atoms with Crippen LogP contribution in [-0.4, -0.2) is 35.5 Å². The van der Waals surface area contributed by atoms with Gasteiger partial charge in [0.2, 0.25) is 5.91 Å². The van der Waals surface area contributed by atoms with Gasteiger partial charge in [0.15, 0.2) is 0 Å². The summed E-state index contributed by atoms with van der Waals surface area (Å²) in [4.78, 5) is 21.7. The van der Waals surface area contributed by atoms with E-state index in [1.54, 1.807) is 11.8 Å². The third-order valence-electron chi connectivity index (χ3n) is 2.23. The van der Waals surface area contributed by atoms with E-state index in [1.165, 1.54) is 0 Å². The average molecular weight is 247 g/mol. The van der Waals surface area contributed by atoms with Crippen LogP contribution >= 0.6 is 11.8 Å². The number of carbonyl (C=O) groups is 2. The fourth-order valence-electron chi connectivity index (χ4n) is 1.29. The number of amides is 1. The molecule has 0 heterocycles. The fraction of sp³-hybridized carbons (Fsp3) is 0.818. The molecule has 1 unspecified atom stereocenters. The molecule has 0 aliphatic carbocycles. The summed E-state index contributed by atoms with van der Waals surface area (Å²) in [5.74, 6) is 0.226. The number of carboxylic acid groups (broad SMARTS) is 1. The maximum Gasteiger partial charge on any atom is 0.303 e. The van der Waals surface area contributed by atoms with Gasteiger partial charge in [0, 0.05) is 24.6 Å². The predicted octanol–water partition coefficient (Wildman–Crippen LogP) is 1.75. The first kappa shape index (κ1) is 15.3. The lowest BCUT2D eigenvalue weighted by Crippen LogP contribution is -2.31. The summed E-state index contributed by atoms with van der Waals surface area (Å²) in [5.41, 5.74) is 0. The molecule has 1 atom stereocenters. The van der Waals surface area contributed by atoms with Crippen LogP contribution in [0.4, 0.5) is 0 Å². The predicted molar refractivity (Wildman–Crippen MR) is 66.7 cm³/mol. The van der Waals surface area contributed by atoms with E-state index >= 15 is 0 Å². The van der Waals surface area contributed by atoms with Crippen molar-refractivity contribution in [3.63, 3.8) is 0 Å². The Morgan fingerprint density at radius 1 is 1.31 bits per heavy atom. The first-order valence-electron chi connectivity index (χ1n) is 5.56. The Hall–Kier alpha value is -0.710. The zero-order valence-corrected chi connectivity index (χ0v) is 10.8. The maximum absolute atomic E-state index is 11.5. The number of carboxylic acids is 1. The first-order valence-corrected chi connectivity index (χ1v) is 6.95. The number of rotatable bonds is 9. The highest BCUT2D eigenvalue weighted by atomic mass is 32.2. The molecule has 16 heavy (non-hydrogen) atoms. The fourth-order valence-corrected chi connectivity index (χ4v) is 1.94. The van der Waals surface area contributed by atoms with Crippen LogP contribution in [-0.2, 0) is 9.59 Å². The van der Waals surface area contributed by atoms with E-state index < -0.39 is 5.97 Å². The van der Waals surface area contributed by atoms with Crippen molar-refractivity contribution in [2.24, 2.45) is 5.92 Å². The van der Waals surface area contributed by atoms with Gasteiger partial charge in [-0.1, -0.05) is 13.3 Å². The van der Waals surface area contributed by atoms with Crippen molar-refractivity contribution in [2.75, 3.05) is 18.6 Å². The molecule has 0 radical (unpaired) electrons. The maximum atomic E-state index is 11.5. The number of hydrogen-bond acceptors (Lipinski definition) is 3. The number of unbranched alkanes of at least 4 members (excludes halogenated alkanes) is 2. The molecule has 4 nitrogen and oxygen atoms in total. The minimum atomic E-state index is -0.752. The third kappa shape index (κ3) is 8.59. The molecule has 0 aromatic heterocycles. The van der Waals surface area contributed by atoms with Gasteiger partial charge in [0.05, 0.1) is 0 Å². The molecule has 94 valence electrons. The van der Waals surface area contributed by atoms with Gasteiger partial charge in [0.1, 0.15) is 0 Å². The molecule has 0 spiro atoms. The van der Waals surface area contributed by atoms with E-state index in [0.717, 1.165) is 18.6 Å². The lowest BCUT2D eigenvalue weighted by molar-refractivity contribution is -0.137. The molecule has 0 bridgehead atoms. The SMILES string of the molecule is CSCC(C)C(=O)NCCCCCC(=O)O. The molecule has 0 rings (SSSR count). The van der Waals surface area contributed by atoms with Crippen molar-refractivity contribution >= 4 is 23.6 Å². The van der Waals surface area contributed by atoms with Gasteiger partial charge in [-0.05, 0) is 19.1 Å². The summed E-state index contributed by atoms with van der Waals surface area (Å²) in [5, 5.41) is 11.3. The second kappa shape index (κ2) is 9.51. The van der Waals surface area contributed by atoms with Crippen LogP contribution in [0, 0.1) is 5.92 Å². The highest BCUT2D eigenvalue weighted by molar-refractivity contribution is 7.98. The molecule has 1 amide bonds. The van der Waals surface area contributed by atoms with Crippen LogP contribution in [0.15, 0.2) is 0 Å². The van der Waals surface area contributed by atoms with Gasteiger partial charge in [-0.3, -0.25) is 9.59 Å². The van der Waals surface area contributed by atoms with Crippen molar-refractivity contribution in [1.29, 1.82) is 0 Å².